The average Bonchev–Trinajstić information content (AvgIpc) is 3.05. The van der Waals surface area contributed by atoms with Gasteiger partial charge in [-0.3, -0.25) is 0 Å². The van der Waals surface area contributed by atoms with Gasteiger partial charge in [0.2, 0.25) is 0 Å². The lowest BCUT2D eigenvalue weighted by Crippen LogP contribution is -2.15. The first kappa shape index (κ1) is 11.1. The molecule has 0 atom stereocenters. The van der Waals surface area contributed by atoms with E-state index in [1.165, 1.54) is 44.6 Å². The SMILES string of the molecule is Cc1c(N)cc(F)cc1C1CCC2(CC1)CC2. The van der Waals surface area contributed by atoms with Crippen LogP contribution in [0.2, 0.25) is 0 Å². The van der Waals surface area contributed by atoms with E-state index in [-0.39, 0.29) is 5.82 Å². The topological polar surface area (TPSA) is 26.0 Å². The first-order chi connectivity index (χ1) is 8.10. The van der Waals surface area contributed by atoms with Gasteiger partial charge in [0.1, 0.15) is 5.82 Å². The van der Waals surface area contributed by atoms with E-state index in [1.54, 1.807) is 6.07 Å². The fraction of sp³-hybridized carbons (Fsp3) is 0.600. The second-order valence-electron chi connectivity index (χ2n) is 5.98. The summed E-state index contributed by atoms with van der Waals surface area (Å²) in [6, 6.07) is 3.13. The van der Waals surface area contributed by atoms with Crippen molar-refractivity contribution in [2.45, 2.75) is 51.4 Å². The van der Waals surface area contributed by atoms with E-state index in [1.807, 2.05) is 6.92 Å². The van der Waals surface area contributed by atoms with Gasteiger partial charge in [0, 0.05) is 5.69 Å². The summed E-state index contributed by atoms with van der Waals surface area (Å²) < 4.78 is 13.4. The quantitative estimate of drug-likeness (QED) is 0.724. The molecule has 0 bridgehead atoms. The molecule has 1 aromatic carbocycles. The Morgan fingerprint density at radius 1 is 1.18 bits per heavy atom. The molecule has 1 spiro atoms. The van der Waals surface area contributed by atoms with Gasteiger partial charge in [0.15, 0.2) is 0 Å². The molecule has 2 aliphatic carbocycles. The lowest BCUT2D eigenvalue weighted by atomic mass is 9.76. The molecule has 17 heavy (non-hydrogen) atoms. The maximum atomic E-state index is 13.4. The molecule has 2 fully saturated rings. The van der Waals surface area contributed by atoms with Crippen molar-refractivity contribution < 1.29 is 4.39 Å². The zero-order valence-electron chi connectivity index (χ0n) is 10.4. The lowest BCUT2D eigenvalue weighted by molar-refractivity contribution is 0.305. The monoisotopic (exact) mass is 233 g/mol. The normalized spacial score (nSPS) is 22.9. The molecular formula is C15H20FN. The number of hydrogen-bond acceptors (Lipinski definition) is 1. The van der Waals surface area contributed by atoms with E-state index in [4.69, 9.17) is 5.73 Å². The van der Waals surface area contributed by atoms with Gasteiger partial charge in [-0.15, -0.1) is 0 Å². The third-order valence-corrected chi connectivity index (χ3v) is 4.90. The molecule has 2 N–H and O–H groups in total. The number of nitrogens with two attached hydrogens (primary N) is 1. The van der Waals surface area contributed by atoms with Crippen molar-refractivity contribution in [3.05, 3.63) is 29.1 Å². The predicted octanol–water partition coefficient (Wildman–Crippen LogP) is 4.15. The van der Waals surface area contributed by atoms with E-state index in [2.05, 4.69) is 0 Å². The van der Waals surface area contributed by atoms with Crippen LogP contribution in [0.3, 0.4) is 0 Å². The predicted molar refractivity (Wildman–Crippen MR) is 68.4 cm³/mol. The van der Waals surface area contributed by atoms with Crippen molar-refractivity contribution in [1.82, 2.24) is 0 Å². The van der Waals surface area contributed by atoms with Crippen molar-refractivity contribution in [2.24, 2.45) is 5.41 Å². The second kappa shape index (κ2) is 3.72. The molecule has 92 valence electrons. The standard InChI is InChI=1S/C15H20FN/c1-10-13(8-12(16)9-14(10)17)11-2-4-15(5-3-11)6-7-15/h8-9,11H,2-7,17H2,1H3. The van der Waals surface area contributed by atoms with Crippen LogP contribution < -0.4 is 5.73 Å². The van der Waals surface area contributed by atoms with Crippen LogP contribution >= 0.6 is 0 Å². The third-order valence-electron chi connectivity index (χ3n) is 4.90. The Balaban J connectivity index is 1.84. The van der Waals surface area contributed by atoms with Gasteiger partial charge < -0.3 is 5.73 Å². The molecule has 0 heterocycles. The zero-order chi connectivity index (χ0) is 12.0. The van der Waals surface area contributed by atoms with Gasteiger partial charge in [-0.1, -0.05) is 0 Å². The van der Waals surface area contributed by atoms with Gasteiger partial charge in [-0.2, -0.15) is 0 Å². The van der Waals surface area contributed by atoms with E-state index >= 15 is 0 Å². The number of benzene rings is 1. The van der Waals surface area contributed by atoms with Crippen molar-refractivity contribution in [3.8, 4) is 0 Å². The highest BCUT2D eigenvalue weighted by atomic mass is 19.1. The summed E-state index contributed by atoms with van der Waals surface area (Å²) in [7, 11) is 0. The first-order valence-corrected chi connectivity index (χ1v) is 6.65. The molecule has 0 saturated heterocycles. The number of rotatable bonds is 1. The fourth-order valence-corrected chi connectivity index (χ4v) is 3.36. The highest BCUT2D eigenvalue weighted by molar-refractivity contribution is 5.51. The Morgan fingerprint density at radius 2 is 1.82 bits per heavy atom. The van der Waals surface area contributed by atoms with Crippen LogP contribution in [0.4, 0.5) is 10.1 Å². The molecule has 1 nitrogen and oxygen atoms in total. The molecule has 3 rings (SSSR count). The maximum absolute atomic E-state index is 13.4. The molecule has 2 heteroatoms. The molecule has 0 aromatic heterocycles. The molecule has 2 saturated carbocycles. The lowest BCUT2D eigenvalue weighted by Gasteiger charge is -2.30. The van der Waals surface area contributed by atoms with E-state index in [0.717, 1.165) is 11.1 Å². The van der Waals surface area contributed by atoms with Crippen LogP contribution in [0.1, 0.15) is 55.6 Å². The molecule has 0 amide bonds. The van der Waals surface area contributed by atoms with Gasteiger partial charge in [-0.25, -0.2) is 4.39 Å². The Bertz CT molecular complexity index is 438. The maximum Gasteiger partial charge on any atom is 0.125 e. The largest absolute Gasteiger partial charge is 0.398 e. The van der Waals surface area contributed by atoms with Crippen LogP contribution in [0.5, 0.6) is 0 Å². The summed E-state index contributed by atoms with van der Waals surface area (Å²) in [4.78, 5) is 0. The minimum absolute atomic E-state index is 0.185. The zero-order valence-corrected chi connectivity index (χ0v) is 10.4. The van der Waals surface area contributed by atoms with Crippen molar-refractivity contribution in [3.63, 3.8) is 0 Å². The number of nitrogen functional groups attached to an aromatic ring is 1. The summed E-state index contributed by atoms with van der Waals surface area (Å²) in [5.41, 5.74) is 9.39. The Labute approximate surface area is 102 Å². The van der Waals surface area contributed by atoms with E-state index in [9.17, 15) is 4.39 Å². The molecule has 1 aromatic rings. The van der Waals surface area contributed by atoms with Gasteiger partial charge >= 0.3 is 0 Å². The molecule has 0 unspecified atom stereocenters. The summed E-state index contributed by atoms with van der Waals surface area (Å²) >= 11 is 0. The Kier molecular flexibility index (Phi) is 2.42. The number of anilines is 1. The van der Waals surface area contributed by atoms with Crippen LogP contribution in [-0.4, -0.2) is 0 Å². The molecule has 0 radical (unpaired) electrons. The second-order valence-corrected chi connectivity index (χ2v) is 5.98. The summed E-state index contributed by atoms with van der Waals surface area (Å²) in [6.45, 7) is 2.02. The van der Waals surface area contributed by atoms with Crippen LogP contribution in [0, 0.1) is 18.2 Å². The third kappa shape index (κ3) is 1.94. The highest BCUT2D eigenvalue weighted by Crippen LogP contribution is 2.58. The summed E-state index contributed by atoms with van der Waals surface area (Å²) in [6.07, 6.45) is 7.92. The minimum Gasteiger partial charge on any atom is -0.398 e. The van der Waals surface area contributed by atoms with E-state index in [0.29, 0.717) is 17.0 Å². The average molecular weight is 233 g/mol. The van der Waals surface area contributed by atoms with Gasteiger partial charge in [0.25, 0.3) is 0 Å². The van der Waals surface area contributed by atoms with Gasteiger partial charge in [0.05, 0.1) is 0 Å². The first-order valence-electron chi connectivity index (χ1n) is 6.65. The smallest absolute Gasteiger partial charge is 0.125 e. The van der Waals surface area contributed by atoms with Gasteiger partial charge in [-0.05, 0) is 80.0 Å². The molecular weight excluding hydrogens is 213 g/mol. The molecule has 0 aliphatic heterocycles. The molecule has 2 aliphatic rings. The Hall–Kier alpha value is -1.05. The fourth-order valence-electron chi connectivity index (χ4n) is 3.36. The van der Waals surface area contributed by atoms with E-state index < -0.39 is 0 Å². The number of halogens is 1. The Morgan fingerprint density at radius 3 is 2.41 bits per heavy atom. The van der Waals surface area contributed by atoms with Crippen LogP contribution in [0.25, 0.3) is 0 Å². The highest BCUT2D eigenvalue weighted by Gasteiger charge is 2.45. The van der Waals surface area contributed by atoms with Crippen LogP contribution in [0.15, 0.2) is 12.1 Å². The van der Waals surface area contributed by atoms with Crippen molar-refractivity contribution in [2.75, 3.05) is 5.73 Å². The van der Waals surface area contributed by atoms with Crippen LogP contribution in [-0.2, 0) is 0 Å². The minimum atomic E-state index is -0.185. The number of hydrogen-bond donors (Lipinski definition) is 1. The summed E-state index contributed by atoms with van der Waals surface area (Å²) in [5, 5.41) is 0. The summed E-state index contributed by atoms with van der Waals surface area (Å²) in [5.74, 6) is 0.342. The van der Waals surface area contributed by atoms with Crippen molar-refractivity contribution >= 4 is 5.69 Å². The van der Waals surface area contributed by atoms with Crippen molar-refractivity contribution in [1.29, 1.82) is 0 Å².